The summed E-state index contributed by atoms with van der Waals surface area (Å²) in [6, 6.07) is 10.1. The van der Waals surface area contributed by atoms with Gasteiger partial charge in [0.05, 0.1) is 0 Å². The van der Waals surface area contributed by atoms with Gasteiger partial charge in [-0.1, -0.05) is 6.07 Å². The first-order valence-electron chi connectivity index (χ1n) is 8.61. The number of benzene rings is 1. The predicted octanol–water partition coefficient (Wildman–Crippen LogP) is 1.28. The fraction of sp³-hybridized carbons (Fsp3) is 0.316. The molecule has 0 unspecified atom stereocenters. The van der Waals surface area contributed by atoms with Gasteiger partial charge >= 0.3 is 11.9 Å². The number of halogens is 1. The molecule has 1 aliphatic heterocycles. The topological polar surface area (TPSA) is 103 Å². The molecule has 28 heavy (non-hydrogen) atoms. The Hall–Kier alpha value is -3.20. The van der Waals surface area contributed by atoms with Gasteiger partial charge in [-0.3, -0.25) is 9.69 Å². The molecule has 2 N–H and O–H groups in total. The number of carboxylic acids is 2. The third kappa shape index (κ3) is 5.92. The molecule has 9 heteroatoms. The van der Waals surface area contributed by atoms with Gasteiger partial charge in [-0.15, -0.1) is 0 Å². The molecule has 2 heterocycles. The number of hydrogen-bond donors (Lipinski definition) is 2. The van der Waals surface area contributed by atoms with Crippen molar-refractivity contribution < 1.29 is 29.0 Å². The first-order valence-corrected chi connectivity index (χ1v) is 8.61. The van der Waals surface area contributed by atoms with E-state index in [0.29, 0.717) is 18.7 Å². The van der Waals surface area contributed by atoms with Crippen molar-refractivity contribution >= 4 is 17.8 Å². The maximum absolute atomic E-state index is 13.2. The summed E-state index contributed by atoms with van der Waals surface area (Å²) in [5.74, 6) is -4.10. The summed E-state index contributed by atoms with van der Waals surface area (Å²) < 4.78 is 15.3. The average Bonchev–Trinajstić information content (AvgIpc) is 3.07. The van der Waals surface area contributed by atoms with E-state index < -0.39 is 11.9 Å². The van der Waals surface area contributed by atoms with E-state index in [1.807, 2.05) is 19.3 Å². The number of carbonyl (C=O) groups excluding carboxylic acids is 1. The summed E-state index contributed by atoms with van der Waals surface area (Å²) in [7, 11) is 2.04. The van der Waals surface area contributed by atoms with Crippen molar-refractivity contribution in [3.05, 3.63) is 59.7 Å². The molecule has 1 saturated heterocycles. The normalized spacial score (nSPS) is 14.1. The van der Waals surface area contributed by atoms with Gasteiger partial charge < -0.3 is 19.7 Å². The van der Waals surface area contributed by atoms with Crippen LogP contribution in [-0.2, 0) is 23.2 Å². The second kappa shape index (κ2) is 9.65. The zero-order chi connectivity index (χ0) is 20.7. The van der Waals surface area contributed by atoms with Crippen molar-refractivity contribution in [3.63, 3.8) is 0 Å². The van der Waals surface area contributed by atoms with E-state index in [0.717, 1.165) is 19.6 Å². The van der Waals surface area contributed by atoms with Gasteiger partial charge in [0.1, 0.15) is 5.82 Å². The second-order valence-electron chi connectivity index (χ2n) is 6.30. The number of hydrogen-bond acceptors (Lipinski definition) is 4. The number of carboxylic acid groups (broad SMARTS) is 2. The molecule has 2 aromatic rings. The summed E-state index contributed by atoms with van der Waals surface area (Å²) in [6.07, 6.45) is 2.04. The third-order valence-electron chi connectivity index (χ3n) is 4.35. The number of piperazine rings is 1. The Bertz CT molecular complexity index is 832. The Morgan fingerprint density at radius 1 is 1.00 bits per heavy atom. The molecule has 1 aromatic heterocycles. The van der Waals surface area contributed by atoms with Crippen LogP contribution in [0.1, 0.15) is 16.1 Å². The Kier molecular flexibility index (Phi) is 7.28. The molecule has 150 valence electrons. The summed E-state index contributed by atoms with van der Waals surface area (Å²) >= 11 is 0. The van der Waals surface area contributed by atoms with Crippen molar-refractivity contribution in [2.75, 3.05) is 26.2 Å². The molecule has 1 aromatic carbocycles. The van der Waals surface area contributed by atoms with E-state index in [1.165, 1.54) is 17.8 Å². The summed E-state index contributed by atoms with van der Waals surface area (Å²) in [4.78, 5) is 34.7. The van der Waals surface area contributed by atoms with Gasteiger partial charge in [-0.25, -0.2) is 14.0 Å². The quantitative estimate of drug-likeness (QED) is 0.764. The number of rotatable bonds is 3. The Labute approximate surface area is 161 Å². The maximum Gasteiger partial charge on any atom is 0.414 e. The maximum atomic E-state index is 13.2. The van der Waals surface area contributed by atoms with Crippen LogP contribution in [0.25, 0.3) is 0 Å². The lowest BCUT2D eigenvalue weighted by Crippen LogP contribution is -2.48. The van der Waals surface area contributed by atoms with Gasteiger partial charge in [0.2, 0.25) is 0 Å². The molecule has 0 aliphatic carbocycles. The van der Waals surface area contributed by atoms with Crippen LogP contribution in [-0.4, -0.2) is 68.6 Å². The molecule has 0 radical (unpaired) electrons. The molecule has 1 fully saturated rings. The van der Waals surface area contributed by atoms with Crippen LogP contribution in [0, 0.1) is 5.82 Å². The number of amides is 1. The van der Waals surface area contributed by atoms with Crippen LogP contribution in [0.3, 0.4) is 0 Å². The van der Waals surface area contributed by atoms with Crippen molar-refractivity contribution in [2.24, 2.45) is 7.05 Å². The lowest BCUT2D eigenvalue weighted by atomic mass is 10.1. The highest BCUT2D eigenvalue weighted by Gasteiger charge is 2.22. The van der Waals surface area contributed by atoms with Crippen molar-refractivity contribution in [3.8, 4) is 0 Å². The largest absolute Gasteiger partial charge is 0.473 e. The summed E-state index contributed by atoms with van der Waals surface area (Å²) in [5.41, 5.74) is 1.70. The first-order chi connectivity index (χ1) is 13.3. The zero-order valence-corrected chi connectivity index (χ0v) is 15.4. The molecule has 0 bridgehead atoms. The summed E-state index contributed by atoms with van der Waals surface area (Å²) in [6.45, 7) is 3.93. The van der Waals surface area contributed by atoms with Gasteiger partial charge in [0.25, 0.3) is 5.91 Å². The number of carbonyl (C=O) groups is 3. The van der Waals surface area contributed by atoms with Crippen LogP contribution >= 0.6 is 0 Å². The molecular weight excluding hydrogens is 369 g/mol. The molecule has 0 saturated carbocycles. The highest BCUT2D eigenvalue weighted by Crippen LogP contribution is 2.12. The average molecular weight is 391 g/mol. The SMILES string of the molecule is Cn1cccc1CN1CCN(C(=O)c2cccc(F)c2)CC1.O=C(O)C(=O)O. The number of nitrogens with zero attached hydrogens (tertiary/aromatic N) is 3. The number of aliphatic carboxylic acids is 2. The van der Waals surface area contributed by atoms with Gasteiger partial charge in [-0.2, -0.15) is 0 Å². The van der Waals surface area contributed by atoms with Gasteiger partial charge in [0, 0.05) is 57.2 Å². The smallest absolute Gasteiger partial charge is 0.414 e. The Morgan fingerprint density at radius 2 is 1.64 bits per heavy atom. The Morgan fingerprint density at radius 3 is 2.14 bits per heavy atom. The van der Waals surface area contributed by atoms with Gasteiger partial charge in [0.15, 0.2) is 0 Å². The first kappa shape index (κ1) is 21.1. The van der Waals surface area contributed by atoms with E-state index in [1.54, 1.807) is 17.0 Å². The van der Waals surface area contributed by atoms with Crippen LogP contribution in [0.2, 0.25) is 0 Å². The van der Waals surface area contributed by atoms with Crippen LogP contribution in [0.15, 0.2) is 42.6 Å². The van der Waals surface area contributed by atoms with Crippen LogP contribution < -0.4 is 0 Å². The van der Waals surface area contributed by atoms with E-state index >= 15 is 0 Å². The lowest BCUT2D eigenvalue weighted by molar-refractivity contribution is -0.159. The zero-order valence-electron chi connectivity index (χ0n) is 15.4. The van der Waals surface area contributed by atoms with E-state index in [2.05, 4.69) is 15.5 Å². The van der Waals surface area contributed by atoms with Crippen molar-refractivity contribution in [1.29, 1.82) is 0 Å². The van der Waals surface area contributed by atoms with Crippen molar-refractivity contribution in [1.82, 2.24) is 14.4 Å². The molecule has 8 nitrogen and oxygen atoms in total. The minimum Gasteiger partial charge on any atom is -0.473 e. The van der Waals surface area contributed by atoms with Crippen LogP contribution in [0.5, 0.6) is 0 Å². The predicted molar refractivity (Wildman–Crippen MR) is 98.3 cm³/mol. The highest BCUT2D eigenvalue weighted by molar-refractivity contribution is 6.27. The third-order valence-corrected chi connectivity index (χ3v) is 4.35. The second-order valence-corrected chi connectivity index (χ2v) is 6.30. The van der Waals surface area contributed by atoms with E-state index in [4.69, 9.17) is 19.8 Å². The Balaban J connectivity index is 0.000000409. The standard InChI is InChI=1S/C17H20FN3O.C2H2O4/c1-19-7-3-6-16(19)13-20-8-10-21(11-9-20)17(22)14-4-2-5-15(18)12-14;3-1(4)2(5)6/h2-7,12H,8-11,13H2,1H3;(H,3,4)(H,5,6). The number of aryl methyl sites for hydroxylation is 1. The minimum atomic E-state index is -1.82. The molecule has 1 amide bonds. The van der Waals surface area contributed by atoms with Crippen molar-refractivity contribution in [2.45, 2.75) is 6.54 Å². The molecular formula is C19H22FN3O5. The molecule has 0 spiro atoms. The lowest BCUT2D eigenvalue weighted by Gasteiger charge is -2.34. The molecule has 0 atom stereocenters. The fourth-order valence-corrected chi connectivity index (χ4v) is 2.80. The van der Waals surface area contributed by atoms with Crippen LogP contribution in [0.4, 0.5) is 4.39 Å². The van der Waals surface area contributed by atoms with Gasteiger partial charge in [-0.05, 0) is 30.3 Å². The summed E-state index contributed by atoms with van der Waals surface area (Å²) in [5, 5.41) is 14.8. The number of aromatic nitrogens is 1. The monoisotopic (exact) mass is 391 g/mol. The highest BCUT2D eigenvalue weighted by atomic mass is 19.1. The molecule has 3 rings (SSSR count). The minimum absolute atomic E-state index is 0.0852. The molecule has 1 aliphatic rings. The van der Waals surface area contributed by atoms with E-state index in [-0.39, 0.29) is 11.7 Å². The fourth-order valence-electron chi connectivity index (χ4n) is 2.80. The van der Waals surface area contributed by atoms with E-state index in [9.17, 15) is 9.18 Å².